The molecule has 5 nitrogen and oxygen atoms in total. The Morgan fingerprint density at radius 1 is 1.00 bits per heavy atom. The predicted octanol–water partition coefficient (Wildman–Crippen LogP) is 3.51. The topological polar surface area (TPSA) is 60.1 Å². The monoisotopic (exact) mass is 495 g/mol. The molecule has 1 aliphatic heterocycles. The number of ether oxygens (including phenoxy) is 2. The first-order valence-corrected chi connectivity index (χ1v) is 9.69. The predicted molar refractivity (Wildman–Crippen MR) is 125 cm³/mol. The molecule has 0 saturated carbocycles. The van der Waals surface area contributed by atoms with E-state index in [9.17, 15) is 0 Å². The Labute approximate surface area is 184 Å². The van der Waals surface area contributed by atoms with Gasteiger partial charge in [0.05, 0.1) is 19.8 Å². The fourth-order valence-corrected chi connectivity index (χ4v) is 3.09. The van der Waals surface area contributed by atoms with E-state index in [1.54, 1.807) is 0 Å². The first kappa shape index (κ1) is 22.5. The molecule has 6 heteroatoms. The zero-order valence-corrected chi connectivity index (χ0v) is 18.6. The first-order valence-electron chi connectivity index (χ1n) is 9.69. The van der Waals surface area contributed by atoms with Crippen LogP contribution >= 0.6 is 24.0 Å². The van der Waals surface area contributed by atoms with Gasteiger partial charge in [0.15, 0.2) is 5.96 Å². The normalized spacial score (nSPS) is 14.4. The molecular formula is C22H30IN3O2. The molecule has 0 aliphatic carbocycles. The van der Waals surface area contributed by atoms with Gasteiger partial charge in [-0.15, -0.1) is 24.0 Å². The van der Waals surface area contributed by atoms with E-state index in [2.05, 4.69) is 46.3 Å². The zero-order valence-electron chi connectivity index (χ0n) is 16.3. The SMILES string of the molecule is I.NC(=NCCc1cccc(OCCCc2ccccc2)c1)N1CCOCC1. The van der Waals surface area contributed by atoms with Crippen molar-refractivity contribution in [3.8, 4) is 5.75 Å². The summed E-state index contributed by atoms with van der Waals surface area (Å²) in [4.78, 5) is 6.58. The largest absolute Gasteiger partial charge is 0.494 e. The van der Waals surface area contributed by atoms with Gasteiger partial charge in [0.1, 0.15) is 5.75 Å². The summed E-state index contributed by atoms with van der Waals surface area (Å²) < 4.78 is 11.2. The Bertz CT molecular complexity index is 719. The van der Waals surface area contributed by atoms with Crippen molar-refractivity contribution in [3.05, 3.63) is 65.7 Å². The standard InChI is InChI=1S/C22H29N3O2.HI/c23-22(25-13-16-26-17-14-25)24-12-11-20-8-4-10-21(18-20)27-15-5-9-19-6-2-1-3-7-19;/h1-4,6-8,10,18H,5,9,11-17H2,(H2,23,24);1H. The minimum absolute atomic E-state index is 0. The van der Waals surface area contributed by atoms with Gasteiger partial charge in [-0.1, -0.05) is 42.5 Å². The van der Waals surface area contributed by atoms with Crippen LogP contribution in [0.4, 0.5) is 0 Å². The van der Waals surface area contributed by atoms with Crippen molar-refractivity contribution < 1.29 is 9.47 Å². The lowest BCUT2D eigenvalue weighted by atomic mass is 10.1. The Hall–Kier alpha value is -1.80. The van der Waals surface area contributed by atoms with Gasteiger partial charge in [-0.2, -0.15) is 0 Å². The summed E-state index contributed by atoms with van der Waals surface area (Å²) in [6.45, 7) is 4.49. The second kappa shape index (κ2) is 12.6. The quantitative estimate of drug-likeness (QED) is 0.264. The number of benzene rings is 2. The Morgan fingerprint density at radius 3 is 2.54 bits per heavy atom. The lowest BCUT2D eigenvalue weighted by Crippen LogP contribution is -2.44. The fourth-order valence-electron chi connectivity index (χ4n) is 3.09. The van der Waals surface area contributed by atoms with Gasteiger partial charge in [-0.05, 0) is 42.5 Å². The zero-order chi connectivity index (χ0) is 18.7. The molecule has 2 N–H and O–H groups in total. The highest BCUT2D eigenvalue weighted by molar-refractivity contribution is 14.0. The molecule has 28 heavy (non-hydrogen) atoms. The van der Waals surface area contributed by atoms with Crippen LogP contribution in [0.5, 0.6) is 5.75 Å². The van der Waals surface area contributed by atoms with E-state index in [1.165, 1.54) is 11.1 Å². The van der Waals surface area contributed by atoms with Crippen molar-refractivity contribution in [2.45, 2.75) is 19.3 Å². The van der Waals surface area contributed by atoms with Crippen LogP contribution in [-0.4, -0.2) is 50.3 Å². The van der Waals surface area contributed by atoms with E-state index >= 15 is 0 Å². The molecule has 0 aromatic heterocycles. The molecule has 0 bridgehead atoms. The molecule has 1 heterocycles. The van der Waals surface area contributed by atoms with Gasteiger partial charge in [-0.25, -0.2) is 0 Å². The summed E-state index contributed by atoms with van der Waals surface area (Å²) >= 11 is 0. The second-order valence-electron chi connectivity index (χ2n) is 6.67. The van der Waals surface area contributed by atoms with Gasteiger partial charge >= 0.3 is 0 Å². The van der Waals surface area contributed by atoms with Crippen LogP contribution in [0.15, 0.2) is 59.6 Å². The molecule has 0 unspecified atom stereocenters. The maximum atomic E-state index is 6.07. The number of halogens is 1. The molecule has 1 fully saturated rings. The van der Waals surface area contributed by atoms with Crippen molar-refractivity contribution >= 4 is 29.9 Å². The minimum atomic E-state index is 0. The summed E-state index contributed by atoms with van der Waals surface area (Å²) in [5.41, 5.74) is 8.64. The third kappa shape index (κ3) is 7.67. The van der Waals surface area contributed by atoms with Crippen LogP contribution < -0.4 is 10.5 Å². The molecule has 0 spiro atoms. The average Bonchev–Trinajstić information content (AvgIpc) is 2.73. The van der Waals surface area contributed by atoms with Crippen LogP contribution in [0.2, 0.25) is 0 Å². The number of aliphatic imine (C=N–C) groups is 1. The van der Waals surface area contributed by atoms with Crippen molar-refractivity contribution in [2.75, 3.05) is 39.5 Å². The Balaban J connectivity index is 0.00000280. The van der Waals surface area contributed by atoms with Crippen molar-refractivity contribution in [2.24, 2.45) is 10.7 Å². The minimum Gasteiger partial charge on any atom is -0.494 e. The summed E-state index contributed by atoms with van der Waals surface area (Å²) in [7, 11) is 0. The molecule has 2 aromatic rings. The molecule has 0 atom stereocenters. The van der Waals surface area contributed by atoms with Gasteiger partial charge < -0.3 is 20.1 Å². The van der Waals surface area contributed by atoms with Crippen molar-refractivity contribution in [1.82, 2.24) is 4.90 Å². The van der Waals surface area contributed by atoms with E-state index in [0.29, 0.717) is 12.5 Å². The number of rotatable bonds is 8. The number of nitrogens with zero attached hydrogens (tertiary/aromatic N) is 2. The third-order valence-electron chi connectivity index (χ3n) is 4.63. The molecule has 152 valence electrons. The third-order valence-corrected chi connectivity index (χ3v) is 4.63. The smallest absolute Gasteiger partial charge is 0.191 e. The van der Waals surface area contributed by atoms with Crippen molar-refractivity contribution in [3.63, 3.8) is 0 Å². The second-order valence-corrected chi connectivity index (χ2v) is 6.67. The van der Waals surface area contributed by atoms with E-state index in [0.717, 1.165) is 57.9 Å². The van der Waals surface area contributed by atoms with E-state index in [1.807, 2.05) is 18.2 Å². The molecule has 3 rings (SSSR count). The number of guanidine groups is 1. The molecule has 0 amide bonds. The van der Waals surface area contributed by atoms with Gasteiger partial charge in [0, 0.05) is 19.6 Å². The van der Waals surface area contributed by atoms with Crippen LogP contribution in [0.25, 0.3) is 0 Å². The number of hydrogen-bond acceptors (Lipinski definition) is 3. The van der Waals surface area contributed by atoms with Gasteiger partial charge in [0.25, 0.3) is 0 Å². The molecule has 1 aliphatic rings. The number of hydrogen-bond donors (Lipinski definition) is 1. The van der Waals surface area contributed by atoms with E-state index in [-0.39, 0.29) is 24.0 Å². The summed E-state index contributed by atoms with van der Waals surface area (Å²) in [6, 6.07) is 18.8. The summed E-state index contributed by atoms with van der Waals surface area (Å²) in [5.74, 6) is 1.54. The van der Waals surface area contributed by atoms with Crippen LogP contribution in [0, 0.1) is 0 Å². The maximum absolute atomic E-state index is 6.07. The highest BCUT2D eigenvalue weighted by atomic mass is 127. The number of morpholine rings is 1. The summed E-state index contributed by atoms with van der Waals surface area (Å²) in [5, 5.41) is 0. The number of nitrogens with two attached hydrogens (primary N) is 1. The fraction of sp³-hybridized carbons (Fsp3) is 0.409. The number of aryl methyl sites for hydroxylation is 1. The summed E-state index contributed by atoms with van der Waals surface area (Å²) in [6.07, 6.45) is 2.90. The van der Waals surface area contributed by atoms with E-state index in [4.69, 9.17) is 15.2 Å². The highest BCUT2D eigenvalue weighted by Crippen LogP contribution is 2.15. The maximum Gasteiger partial charge on any atom is 0.191 e. The lowest BCUT2D eigenvalue weighted by molar-refractivity contribution is 0.0674. The van der Waals surface area contributed by atoms with Crippen molar-refractivity contribution in [1.29, 1.82) is 0 Å². The van der Waals surface area contributed by atoms with Crippen LogP contribution in [0.3, 0.4) is 0 Å². The molecule has 2 aromatic carbocycles. The van der Waals surface area contributed by atoms with E-state index < -0.39 is 0 Å². The Morgan fingerprint density at radius 2 is 1.75 bits per heavy atom. The molecule has 0 radical (unpaired) electrons. The molecule has 1 saturated heterocycles. The van der Waals surface area contributed by atoms with Crippen LogP contribution in [-0.2, 0) is 17.6 Å². The lowest BCUT2D eigenvalue weighted by Gasteiger charge is -2.27. The molecular weight excluding hydrogens is 465 g/mol. The van der Waals surface area contributed by atoms with Gasteiger partial charge in [0.2, 0.25) is 0 Å². The highest BCUT2D eigenvalue weighted by Gasteiger charge is 2.11. The first-order chi connectivity index (χ1) is 13.3. The van der Waals surface area contributed by atoms with Gasteiger partial charge in [-0.3, -0.25) is 4.99 Å². The Kier molecular flexibility index (Phi) is 10.1. The van der Waals surface area contributed by atoms with Crippen LogP contribution in [0.1, 0.15) is 17.5 Å². The average molecular weight is 495 g/mol.